The molecule has 0 saturated carbocycles. The normalized spacial score (nSPS) is 10.6. The number of hydrogen-bond acceptors (Lipinski definition) is 3. The summed E-state index contributed by atoms with van der Waals surface area (Å²) in [6.07, 6.45) is 3.01. The van der Waals surface area contributed by atoms with Gasteiger partial charge in [-0.15, -0.1) is 0 Å². The van der Waals surface area contributed by atoms with Crippen molar-refractivity contribution in [3.05, 3.63) is 77.9 Å². The van der Waals surface area contributed by atoms with Crippen LogP contribution >= 0.6 is 0 Å². The summed E-state index contributed by atoms with van der Waals surface area (Å²) in [4.78, 5) is 24.6. The smallest absolute Gasteiger partial charge is 0.338 e. The van der Waals surface area contributed by atoms with E-state index in [-0.39, 0.29) is 11.9 Å². The first-order valence-corrected chi connectivity index (χ1v) is 9.25. The quantitative estimate of drug-likeness (QED) is 0.450. The SMILES string of the molecule is CCCCCOC(=O)c1ccc(NC(=O)c2cccc3ccccc23)cc1. The Bertz CT molecular complexity index is 927. The summed E-state index contributed by atoms with van der Waals surface area (Å²) >= 11 is 0. The van der Waals surface area contributed by atoms with E-state index in [4.69, 9.17) is 4.74 Å². The maximum atomic E-state index is 12.6. The van der Waals surface area contributed by atoms with Crippen LogP contribution in [-0.2, 0) is 4.74 Å². The number of anilines is 1. The molecule has 0 aromatic heterocycles. The van der Waals surface area contributed by atoms with Gasteiger partial charge in [0.15, 0.2) is 0 Å². The number of amides is 1. The Labute approximate surface area is 159 Å². The van der Waals surface area contributed by atoms with E-state index in [2.05, 4.69) is 12.2 Å². The summed E-state index contributed by atoms with van der Waals surface area (Å²) in [7, 11) is 0. The Hall–Kier alpha value is -3.14. The Kier molecular flexibility index (Phi) is 6.21. The maximum Gasteiger partial charge on any atom is 0.338 e. The van der Waals surface area contributed by atoms with Gasteiger partial charge >= 0.3 is 5.97 Å². The number of hydrogen-bond donors (Lipinski definition) is 1. The summed E-state index contributed by atoms with van der Waals surface area (Å²) in [5.74, 6) is -0.514. The highest BCUT2D eigenvalue weighted by molar-refractivity contribution is 6.13. The average molecular weight is 361 g/mol. The molecule has 0 unspecified atom stereocenters. The van der Waals surface area contributed by atoms with Crippen LogP contribution in [0.25, 0.3) is 10.8 Å². The molecule has 0 fully saturated rings. The summed E-state index contributed by atoms with van der Waals surface area (Å²) in [5.41, 5.74) is 1.73. The molecule has 1 N–H and O–H groups in total. The van der Waals surface area contributed by atoms with Gasteiger partial charge in [0.25, 0.3) is 5.91 Å². The molecule has 0 spiro atoms. The zero-order chi connectivity index (χ0) is 19.1. The molecule has 3 rings (SSSR count). The number of rotatable bonds is 7. The van der Waals surface area contributed by atoms with Crippen molar-refractivity contribution in [1.82, 2.24) is 0 Å². The fourth-order valence-electron chi connectivity index (χ4n) is 2.91. The number of unbranched alkanes of at least 4 members (excludes halogenated alkanes) is 2. The predicted molar refractivity (Wildman–Crippen MR) is 108 cm³/mol. The molecule has 0 aliphatic carbocycles. The van der Waals surface area contributed by atoms with Crippen LogP contribution in [0, 0.1) is 0 Å². The van der Waals surface area contributed by atoms with Gasteiger partial charge in [0, 0.05) is 11.3 Å². The van der Waals surface area contributed by atoms with Crippen LogP contribution in [0.15, 0.2) is 66.7 Å². The Balaban J connectivity index is 1.65. The van der Waals surface area contributed by atoms with Gasteiger partial charge < -0.3 is 10.1 Å². The second kappa shape index (κ2) is 8.99. The Morgan fingerprint density at radius 3 is 2.41 bits per heavy atom. The van der Waals surface area contributed by atoms with E-state index in [0.717, 1.165) is 30.0 Å². The third kappa shape index (κ3) is 4.73. The van der Waals surface area contributed by atoms with Crippen molar-refractivity contribution >= 4 is 28.3 Å². The molecule has 0 heterocycles. The van der Waals surface area contributed by atoms with Crippen LogP contribution < -0.4 is 5.32 Å². The molecule has 0 radical (unpaired) electrons. The van der Waals surface area contributed by atoms with Crippen LogP contribution in [0.2, 0.25) is 0 Å². The number of esters is 1. The molecule has 138 valence electrons. The van der Waals surface area contributed by atoms with Gasteiger partial charge in [0.2, 0.25) is 0 Å². The van der Waals surface area contributed by atoms with Crippen molar-refractivity contribution in [1.29, 1.82) is 0 Å². The molecule has 0 saturated heterocycles. The average Bonchev–Trinajstić information content (AvgIpc) is 2.71. The third-order valence-corrected chi connectivity index (χ3v) is 4.39. The molecule has 3 aromatic rings. The van der Waals surface area contributed by atoms with Crippen molar-refractivity contribution < 1.29 is 14.3 Å². The minimum absolute atomic E-state index is 0.179. The lowest BCUT2D eigenvalue weighted by atomic mass is 10.0. The molecule has 4 nitrogen and oxygen atoms in total. The lowest BCUT2D eigenvalue weighted by Crippen LogP contribution is -2.12. The number of fused-ring (bicyclic) bond motifs is 1. The zero-order valence-electron chi connectivity index (χ0n) is 15.4. The van der Waals surface area contributed by atoms with Gasteiger partial charge in [0.1, 0.15) is 0 Å². The van der Waals surface area contributed by atoms with Gasteiger partial charge in [0.05, 0.1) is 12.2 Å². The molecule has 3 aromatic carbocycles. The first-order valence-electron chi connectivity index (χ1n) is 9.25. The molecule has 0 aliphatic heterocycles. The van der Waals surface area contributed by atoms with Crippen LogP contribution in [0.5, 0.6) is 0 Å². The lowest BCUT2D eigenvalue weighted by molar-refractivity contribution is 0.0498. The number of carbonyl (C=O) groups is 2. The van der Waals surface area contributed by atoms with Gasteiger partial charge in [-0.2, -0.15) is 0 Å². The largest absolute Gasteiger partial charge is 0.462 e. The van der Waals surface area contributed by atoms with Gasteiger partial charge in [-0.25, -0.2) is 4.79 Å². The van der Waals surface area contributed by atoms with E-state index in [1.807, 2.05) is 36.4 Å². The highest BCUT2D eigenvalue weighted by Gasteiger charge is 2.11. The van der Waals surface area contributed by atoms with Crippen LogP contribution in [0.4, 0.5) is 5.69 Å². The third-order valence-electron chi connectivity index (χ3n) is 4.39. The van der Waals surface area contributed by atoms with Gasteiger partial charge in [-0.1, -0.05) is 56.2 Å². The van der Waals surface area contributed by atoms with Crippen molar-refractivity contribution in [2.24, 2.45) is 0 Å². The minimum Gasteiger partial charge on any atom is -0.462 e. The molecule has 4 heteroatoms. The van der Waals surface area contributed by atoms with Crippen molar-refractivity contribution in [2.45, 2.75) is 26.2 Å². The summed E-state index contributed by atoms with van der Waals surface area (Å²) in [6, 6.07) is 20.2. The van der Waals surface area contributed by atoms with Crippen molar-refractivity contribution in [3.8, 4) is 0 Å². The molecule has 0 atom stereocenters. The number of carbonyl (C=O) groups excluding carboxylic acids is 2. The molecule has 0 bridgehead atoms. The van der Waals surface area contributed by atoms with E-state index in [1.165, 1.54) is 0 Å². The van der Waals surface area contributed by atoms with Crippen LogP contribution in [0.1, 0.15) is 46.9 Å². The number of nitrogens with one attached hydrogen (secondary N) is 1. The first-order chi connectivity index (χ1) is 13.2. The van der Waals surface area contributed by atoms with E-state index >= 15 is 0 Å². The highest BCUT2D eigenvalue weighted by atomic mass is 16.5. The maximum absolute atomic E-state index is 12.6. The van der Waals surface area contributed by atoms with Crippen molar-refractivity contribution in [2.75, 3.05) is 11.9 Å². The molecule has 1 amide bonds. The Morgan fingerprint density at radius 1 is 0.889 bits per heavy atom. The molecular weight excluding hydrogens is 338 g/mol. The molecule has 0 aliphatic rings. The monoisotopic (exact) mass is 361 g/mol. The second-order valence-corrected chi connectivity index (χ2v) is 6.40. The minimum atomic E-state index is -0.335. The zero-order valence-corrected chi connectivity index (χ0v) is 15.4. The standard InChI is InChI=1S/C23H23NO3/c1-2-3-6-16-27-23(26)18-12-14-19(15-13-18)24-22(25)21-11-7-9-17-8-4-5-10-20(17)21/h4-5,7-15H,2-3,6,16H2,1H3,(H,24,25). The van der Waals surface area contributed by atoms with Crippen LogP contribution in [0.3, 0.4) is 0 Å². The predicted octanol–water partition coefficient (Wildman–Crippen LogP) is 5.44. The number of benzene rings is 3. The Morgan fingerprint density at radius 2 is 1.63 bits per heavy atom. The highest BCUT2D eigenvalue weighted by Crippen LogP contribution is 2.20. The van der Waals surface area contributed by atoms with E-state index in [9.17, 15) is 9.59 Å². The second-order valence-electron chi connectivity index (χ2n) is 6.40. The summed E-state index contributed by atoms with van der Waals surface area (Å²) in [6.45, 7) is 2.54. The van der Waals surface area contributed by atoms with Gasteiger partial charge in [-0.3, -0.25) is 4.79 Å². The number of ether oxygens (including phenoxy) is 1. The summed E-state index contributed by atoms with van der Waals surface area (Å²) in [5, 5.41) is 4.81. The lowest BCUT2D eigenvalue weighted by Gasteiger charge is -2.09. The van der Waals surface area contributed by atoms with Gasteiger partial charge in [-0.05, 0) is 47.5 Å². The van der Waals surface area contributed by atoms with Crippen LogP contribution in [-0.4, -0.2) is 18.5 Å². The fourth-order valence-corrected chi connectivity index (χ4v) is 2.91. The topological polar surface area (TPSA) is 55.4 Å². The first kappa shape index (κ1) is 18.6. The van der Waals surface area contributed by atoms with E-state index < -0.39 is 0 Å². The fraction of sp³-hybridized carbons (Fsp3) is 0.217. The molecule has 27 heavy (non-hydrogen) atoms. The van der Waals surface area contributed by atoms with Crippen molar-refractivity contribution in [3.63, 3.8) is 0 Å². The van der Waals surface area contributed by atoms with E-state index in [0.29, 0.717) is 23.4 Å². The van der Waals surface area contributed by atoms with E-state index in [1.54, 1.807) is 30.3 Å². The summed E-state index contributed by atoms with van der Waals surface area (Å²) < 4.78 is 5.24. The molecular formula is C23H23NO3.